The van der Waals surface area contributed by atoms with Gasteiger partial charge in [-0.3, -0.25) is 4.99 Å². The van der Waals surface area contributed by atoms with E-state index in [-0.39, 0.29) is 29.4 Å². The molecule has 2 heterocycles. The number of aliphatic imine (C=N–C) groups is 1. The van der Waals surface area contributed by atoms with E-state index in [1.807, 2.05) is 6.92 Å². The van der Waals surface area contributed by atoms with Crippen LogP contribution in [0.3, 0.4) is 0 Å². The van der Waals surface area contributed by atoms with Crippen LogP contribution >= 0.6 is 24.0 Å². The zero-order valence-corrected chi connectivity index (χ0v) is 22.6. The van der Waals surface area contributed by atoms with Crippen LogP contribution in [-0.2, 0) is 19.6 Å². The molecule has 2 N–H and O–H groups in total. The van der Waals surface area contributed by atoms with E-state index in [2.05, 4.69) is 41.8 Å². The number of nitrogens with zero attached hydrogens (tertiary/aromatic N) is 1. The Morgan fingerprint density at radius 1 is 1.09 bits per heavy atom. The largest absolute Gasteiger partial charge is 0.494 e. The summed E-state index contributed by atoms with van der Waals surface area (Å²) >= 11 is 0. The van der Waals surface area contributed by atoms with Gasteiger partial charge in [0.15, 0.2) is 5.96 Å². The van der Waals surface area contributed by atoms with Crippen LogP contribution in [0.1, 0.15) is 45.1 Å². The molecule has 8 heteroatoms. The molecular weight excluding hydrogens is 533 g/mol. The van der Waals surface area contributed by atoms with Crippen molar-refractivity contribution in [3.63, 3.8) is 0 Å². The minimum atomic E-state index is -0.00217. The second-order valence-corrected chi connectivity index (χ2v) is 8.63. The number of halogens is 1. The van der Waals surface area contributed by atoms with Gasteiger partial charge in [-0.05, 0) is 57.2 Å². The summed E-state index contributed by atoms with van der Waals surface area (Å²) in [4.78, 5) is 4.98. The predicted molar refractivity (Wildman–Crippen MR) is 143 cm³/mol. The molecule has 0 saturated carbocycles. The molecule has 7 nitrogen and oxygen atoms in total. The molecule has 1 aromatic rings. The molecule has 2 saturated heterocycles. The SMILES string of the molecule is CCNC(=NCC1(c2ccc(OCC)cc2)CCOCC1)NCCCOCC1CCOC1.I. The van der Waals surface area contributed by atoms with Crippen molar-refractivity contribution in [3.05, 3.63) is 29.8 Å². The maximum absolute atomic E-state index is 5.81. The van der Waals surface area contributed by atoms with Crippen LogP contribution in [0.5, 0.6) is 5.75 Å². The maximum Gasteiger partial charge on any atom is 0.191 e. The minimum absolute atomic E-state index is 0. The van der Waals surface area contributed by atoms with Gasteiger partial charge in [0.05, 0.1) is 26.4 Å². The summed E-state index contributed by atoms with van der Waals surface area (Å²) in [5.41, 5.74) is 1.31. The van der Waals surface area contributed by atoms with Crippen LogP contribution in [0, 0.1) is 5.92 Å². The standard InChI is InChI=1S/C25H41N3O4.HI/c1-3-26-24(27-13-5-14-30-18-21-10-15-31-19-21)28-20-25(11-16-29-17-12-25)22-6-8-23(9-7-22)32-4-2;/h6-9,21H,3-5,10-20H2,1-2H3,(H2,26,27,28);1H. The Hall–Kier alpha value is -1.10. The van der Waals surface area contributed by atoms with Crippen molar-refractivity contribution in [1.82, 2.24) is 10.6 Å². The van der Waals surface area contributed by atoms with Crippen LogP contribution in [-0.4, -0.2) is 71.8 Å². The molecule has 1 atom stereocenters. The number of hydrogen-bond acceptors (Lipinski definition) is 5. The molecule has 2 aliphatic heterocycles. The summed E-state index contributed by atoms with van der Waals surface area (Å²) in [5.74, 6) is 2.35. The fourth-order valence-electron chi connectivity index (χ4n) is 4.29. The second-order valence-electron chi connectivity index (χ2n) is 8.63. The third-order valence-electron chi connectivity index (χ3n) is 6.25. The highest BCUT2D eigenvalue weighted by Gasteiger charge is 2.34. The maximum atomic E-state index is 5.81. The van der Waals surface area contributed by atoms with Gasteiger partial charge in [0, 0.05) is 50.8 Å². The quantitative estimate of drug-likeness (QED) is 0.171. The number of hydrogen-bond donors (Lipinski definition) is 2. The van der Waals surface area contributed by atoms with Gasteiger partial charge < -0.3 is 29.6 Å². The Morgan fingerprint density at radius 2 is 1.88 bits per heavy atom. The molecule has 0 aliphatic carbocycles. The van der Waals surface area contributed by atoms with Gasteiger partial charge in [-0.15, -0.1) is 24.0 Å². The fourth-order valence-corrected chi connectivity index (χ4v) is 4.29. The Kier molecular flexibility index (Phi) is 13.4. The van der Waals surface area contributed by atoms with E-state index < -0.39 is 0 Å². The predicted octanol–water partition coefficient (Wildman–Crippen LogP) is 3.75. The number of benzene rings is 1. The number of ether oxygens (including phenoxy) is 4. The van der Waals surface area contributed by atoms with Crippen molar-refractivity contribution in [1.29, 1.82) is 0 Å². The first-order valence-electron chi connectivity index (χ1n) is 12.2. The molecule has 33 heavy (non-hydrogen) atoms. The lowest BCUT2D eigenvalue weighted by Gasteiger charge is -2.36. The van der Waals surface area contributed by atoms with E-state index in [1.165, 1.54) is 5.56 Å². The van der Waals surface area contributed by atoms with Crippen molar-refractivity contribution in [2.45, 2.75) is 44.9 Å². The third kappa shape index (κ3) is 9.22. The summed E-state index contributed by atoms with van der Waals surface area (Å²) in [6.07, 6.45) is 4.03. The lowest BCUT2D eigenvalue weighted by molar-refractivity contribution is 0.0531. The molecule has 0 radical (unpaired) electrons. The van der Waals surface area contributed by atoms with Crippen molar-refractivity contribution in [2.75, 3.05) is 65.9 Å². The molecule has 2 aliphatic rings. The smallest absolute Gasteiger partial charge is 0.191 e. The molecule has 0 bridgehead atoms. The Labute approximate surface area is 216 Å². The summed E-state index contributed by atoms with van der Waals surface area (Å²) in [6.45, 7) is 12.0. The Balaban J connectivity index is 0.00000385. The van der Waals surface area contributed by atoms with Gasteiger partial charge in [0.2, 0.25) is 0 Å². The van der Waals surface area contributed by atoms with Gasteiger partial charge >= 0.3 is 0 Å². The first-order valence-corrected chi connectivity index (χ1v) is 12.2. The van der Waals surface area contributed by atoms with Gasteiger partial charge in [-0.25, -0.2) is 0 Å². The number of guanidine groups is 1. The molecule has 1 aromatic carbocycles. The van der Waals surface area contributed by atoms with Crippen molar-refractivity contribution < 1.29 is 18.9 Å². The highest BCUT2D eigenvalue weighted by molar-refractivity contribution is 14.0. The molecule has 188 valence electrons. The van der Waals surface area contributed by atoms with Crippen LogP contribution in [0.4, 0.5) is 0 Å². The zero-order valence-electron chi connectivity index (χ0n) is 20.3. The fraction of sp³-hybridized carbons (Fsp3) is 0.720. The number of nitrogens with one attached hydrogen (secondary N) is 2. The second kappa shape index (κ2) is 15.7. The monoisotopic (exact) mass is 575 g/mol. The lowest BCUT2D eigenvalue weighted by atomic mass is 9.74. The summed E-state index contributed by atoms with van der Waals surface area (Å²) in [6, 6.07) is 8.53. The van der Waals surface area contributed by atoms with E-state index in [4.69, 9.17) is 23.9 Å². The molecule has 1 unspecified atom stereocenters. The Morgan fingerprint density at radius 3 is 2.55 bits per heavy atom. The van der Waals surface area contributed by atoms with E-state index in [9.17, 15) is 0 Å². The first kappa shape index (κ1) is 28.1. The summed E-state index contributed by atoms with van der Waals surface area (Å²) in [7, 11) is 0. The van der Waals surface area contributed by atoms with E-state index in [0.29, 0.717) is 12.5 Å². The van der Waals surface area contributed by atoms with Crippen molar-refractivity contribution in [3.8, 4) is 5.75 Å². The minimum Gasteiger partial charge on any atom is -0.494 e. The van der Waals surface area contributed by atoms with Crippen molar-refractivity contribution in [2.24, 2.45) is 10.9 Å². The van der Waals surface area contributed by atoms with Crippen LogP contribution < -0.4 is 15.4 Å². The van der Waals surface area contributed by atoms with E-state index in [0.717, 1.165) is 96.7 Å². The third-order valence-corrected chi connectivity index (χ3v) is 6.25. The summed E-state index contributed by atoms with van der Waals surface area (Å²) < 4.78 is 22.5. The first-order chi connectivity index (χ1) is 15.8. The molecule has 0 spiro atoms. The van der Waals surface area contributed by atoms with Gasteiger partial charge in [-0.1, -0.05) is 12.1 Å². The van der Waals surface area contributed by atoms with E-state index >= 15 is 0 Å². The zero-order chi connectivity index (χ0) is 22.5. The highest BCUT2D eigenvalue weighted by Crippen LogP contribution is 2.36. The molecule has 0 aromatic heterocycles. The normalized spacial score (nSPS) is 20.2. The summed E-state index contributed by atoms with van der Waals surface area (Å²) in [5, 5.41) is 6.85. The average molecular weight is 576 g/mol. The Bertz CT molecular complexity index is 675. The average Bonchev–Trinajstić information content (AvgIpc) is 3.34. The van der Waals surface area contributed by atoms with Gasteiger partial charge in [0.25, 0.3) is 0 Å². The van der Waals surface area contributed by atoms with Crippen LogP contribution in [0.25, 0.3) is 0 Å². The van der Waals surface area contributed by atoms with Gasteiger partial charge in [0.1, 0.15) is 5.75 Å². The molecular formula is C25H42IN3O4. The molecule has 2 fully saturated rings. The van der Waals surface area contributed by atoms with Crippen LogP contribution in [0.2, 0.25) is 0 Å². The number of rotatable bonds is 12. The highest BCUT2D eigenvalue weighted by atomic mass is 127. The molecule has 3 rings (SSSR count). The lowest BCUT2D eigenvalue weighted by Crippen LogP contribution is -2.41. The van der Waals surface area contributed by atoms with Crippen LogP contribution in [0.15, 0.2) is 29.3 Å². The molecule has 0 amide bonds. The van der Waals surface area contributed by atoms with E-state index in [1.54, 1.807) is 0 Å². The van der Waals surface area contributed by atoms with Gasteiger partial charge in [-0.2, -0.15) is 0 Å². The topological polar surface area (TPSA) is 73.3 Å². The van der Waals surface area contributed by atoms with Crippen molar-refractivity contribution >= 4 is 29.9 Å².